The number of carbonyl (C=O) groups excluding carboxylic acids is 1. The molecule has 0 bridgehead atoms. The van der Waals surface area contributed by atoms with Crippen LogP contribution in [-0.4, -0.2) is 41.1 Å². The van der Waals surface area contributed by atoms with Gasteiger partial charge in [0.2, 0.25) is 0 Å². The van der Waals surface area contributed by atoms with Gasteiger partial charge in [-0.3, -0.25) is 4.79 Å². The van der Waals surface area contributed by atoms with E-state index in [0.717, 1.165) is 19.3 Å². The highest BCUT2D eigenvalue weighted by atomic mass is 16.4. The molecule has 5 nitrogen and oxygen atoms in total. The van der Waals surface area contributed by atoms with Crippen molar-refractivity contribution < 1.29 is 14.7 Å². The molecule has 0 heterocycles. The van der Waals surface area contributed by atoms with Crippen molar-refractivity contribution in [3.8, 4) is 0 Å². The van der Waals surface area contributed by atoms with Crippen LogP contribution in [0.4, 0.5) is 4.79 Å². The van der Waals surface area contributed by atoms with Crippen LogP contribution in [0.3, 0.4) is 0 Å². The van der Waals surface area contributed by atoms with Crippen LogP contribution in [0.5, 0.6) is 0 Å². The van der Waals surface area contributed by atoms with Crippen LogP contribution in [0.2, 0.25) is 0 Å². The third-order valence-electron chi connectivity index (χ3n) is 4.39. The summed E-state index contributed by atoms with van der Waals surface area (Å²) < 4.78 is 0. The van der Waals surface area contributed by atoms with Crippen LogP contribution in [0.1, 0.15) is 52.9 Å². The number of hydrogen-bond acceptors (Lipinski definition) is 2. The SMILES string of the molecule is CC(C)C(CC(=O)O)NC(=O)N(C)C1CCCCC1C. The Morgan fingerprint density at radius 3 is 2.40 bits per heavy atom. The van der Waals surface area contributed by atoms with Crippen LogP contribution in [0, 0.1) is 11.8 Å². The zero-order chi connectivity index (χ0) is 15.3. The number of urea groups is 1. The van der Waals surface area contributed by atoms with Crippen LogP contribution in [0.15, 0.2) is 0 Å². The van der Waals surface area contributed by atoms with Gasteiger partial charge in [-0.1, -0.05) is 33.6 Å². The molecule has 0 aliphatic heterocycles. The molecule has 0 saturated heterocycles. The van der Waals surface area contributed by atoms with E-state index >= 15 is 0 Å². The van der Waals surface area contributed by atoms with Gasteiger partial charge in [0.15, 0.2) is 0 Å². The van der Waals surface area contributed by atoms with Crippen LogP contribution >= 0.6 is 0 Å². The van der Waals surface area contributed by atoms with Gasteiger partial charge < -0.3 is 15.3 Å². The van der Waals surface area contributed by atoms with E-state index in [1.807, 2.05) is 20.9 Å². The van der Waals surface area contributed by atoms with Crippen molar-refractivity contribution in [1.29, 1.82) is 0 Å². The molecule has 1 aliphatic rings. The van der Waals surface area contributed by atoms with Gasteiger partial charge in [0.05, 0.1) is 6.42 Å². The lowest BCUT2D eigenvalue weighted by molar-refractivity contribution is -0.137. The fourth-order valence-electron chi connectivity index (χ4n) is 2.92. The Hall–Kier alpha value is -1.26. The predicted octanol–water partition coefficient (Wildman–Crippen LogP) is 2.71. The molecule has 1 aliphatic carbocycles. The zero-order valence-corrected chi connectivity index (χ0v) is 13.1. The molecule has 0 spiro atoms. The minimum atomic E-state index is -0.877. The second kappa shape index (κ2) is 7.50. The minimum absolute atomic E-state index is 0.0303. The molecule has 2 N–H and O–H groups in total. The molecule has 3 unspecified atom stereocenters. The summed E-state index contributed by atoms with van der Waals surface area (Å²) in [5, 5.41) is 11.8. The number of carboxylic acid groups (broad SMARTS) is 1. The first-order valence-corrected chi connectivity index (χ1v) is 7.58. The number of carboxylic acids is 1. The Kier molecular flexibility index (Phi) is 6.30. The number of nitrogens with zero attached hydrogens (tertiary/aromatic N) is 1. The Balaban J connectivity index is 2.60. The van der Waals surface area contributed by atoms with Crippen LogP contribution in [-0.2, 0) is 4.79 Å². The van der Waals surface area contributed by atoms with E-state index in [9.17, 15) is 9.59 Å². The van der Waals surface area contributed by atoms with Gasteiger partial charge in [0, 0.05) is 19.1 Å². The molecule has 1 fully saturated rings. The maximum absolute atomic E-state index is 12.3. The number of hydrogen-bond donors (Lipinski definition) is 2. The summed E-state index contributed by atoms with van der Waals surface area (Å²) in [5.74, 6) is -0.263. The van der Waals surface area contributed by atoms with Gasteiger partial charge in [-0.2, -0.15) is 0 Å². The summed E-state index contributed by atoms with van der Waals surface area (Å²) in [7, 11) is 1.82. The quantitative estimate of drug-likeness (QED) is 0.815. The normalized spacial score (nSPS) is 24.2. The van der Waals surface area contributed by atoms with E-state index in [1.165, 1.54) is 6.42 Å². The van der Waals surface area contributed by atoms with E-state index < -0.39 is 5.97 Å². The van der Waals surface area contributed by atoms with Crippen LogP contribution in [0.25, 0.3) is 0 Å². The zero-order valence-electron chi connectivity index (χ0n) is 13.1. The van der Waals surface area contributed by atoms with E-state index in [2.05, 4.69) is 12.2 Å². The Labute approximate surface area is 121 Å². The first kappa shape index (κ1) is 16.8. The average Bonchev–Trinajstić information content (AvgIpc) is 2.37. The molecule has 0 aromatic rings. The van der Waals surface area contributed by atoms with Gasteiger partial charge in [-0.25, -0.2) is 4.79 Å². The van der Waals surface area contributed by atoms with Crippen molar-refractivity contribution in [3.63, 3.8) is 0 Å². The summed E-state index contributed by atoms with van der Waals surface area (Å²) in [4.78, 5) is 24.9. The summed E-state index contributed by atoms with van der Waals surface area (Å²) >= 11 is 0. The van der Waals surface area contributed by atoms with E-state index in [0.29, 0.717) is 5.92 Å². The molecule has 1 rings (SSSR count). The van der Waals surface area contributed by atoms with Crippen molar-refractivity contribution in [2.75, 3.05) is 7.05 Å². The second-order valence-electron chi connectivity index (χ2n) is 6.34. The largest absolute Gasteiger partial charge is 0.481 e. The number of aliphatic carboxylic acids is 1. The standard InChI is InChI=1S/C15H28N2O3/c1-10(2)12(9-14(18)19)16-15(20)17(4)13-8-6-5-7-11(13)3/h10-13H,5-9H2,1-4H3,(H,16,20)(H,18,19). The number of amides is 2. The van der Waals surface area contributed by atoms with Crippen molar-refractivity contribution in [3.05, 3.63) is 0 Å². The third-order valence-corrected chi connectivity index (χ3v) is 4.39. The molecule has 2 amide bonds. The monoisotopic (exact) mass is 284 g/mol. The van der Waals surface area contributed by atoms with Gasteiger partial charge >= 0.3 is 12.0 Å². The maximum atomic E-state index is 12.3. The van der Waals surface area contributed by atoms with E-state index in [4.69, 9.17) is 5.11 Å². The smallest absolute Gasteiger partial charge is 0.317 e. The third kappa shape index (κ3) is 4.69. The molecule has 0 aromatic heterocycles. The Morgan fingerprint density at radius 1 is 1.30 bits per heavy atom. The number of rotatable bonds is 5. The highest BCUT2D eigenvalue weighted by molar-refractivity contribution is 5.76. The predicted molar refractivity (Wildman–Crippen MR) is 78.6 cm³/mol. The molecule has 1 saturated carbocycles. The lowest BCUT2D eigenvalue weighted by atomic mass is 9.85. The first-order chi connectivity index (χ1) is 9.32. The van der Waals surface area contributed by atoms with E-state index in [-0.39, 0.29) is 30.5 Å². The second-order valence-corrected chi connectivity index (χ2v) is 6.34. The number of nitrogens with one attached hydrogen (secondary N) is 1. The fraction of sp³-hybridized carbons (Fsp3) is 0.867. The Morgan fingerprint density at radius 2 is 1.90 bits per heavy atom. The van der Waals surface area contributed by atoms with Crippen molar-refractivity contribution in [2.45, 2.75) is 65.0 Å². The Bertz CT molecular complexity index is 344. The van der Waals surface area contributed by atoms with Crippen LogP contribution < -0.4 is 5.32 Å². The molecular formula is C15H28N2O3. The van der Waals surface area contributed by atoms with E-state index in [1.54, 1.807) is 4.90 Å². The van der Waals surface area contributed by atoms with Gasteiger partial charge in [-0.05, 0) is 24.7 Å². The summed E-state index contributed by atoms with van der Waals surface area (Å²) in [5.41, 5.74) is 0. The summed E-state index contributed by atoms with van der Waals surface area (Å²) in [6.45, 7) is 6.04. The maximum Gasteiger partial charge on any atom is 0.317 e. The molecule has 0 radical (unpaired) electrons. The molecule has 0 aromatic carbocycles. The highest BCUT2D eigenvalue weighted by Gasteiger charge is 2.29. The molecular weight excluding hydrogens is 256 g/mol. The first-order valence-electron chi connectivity index (χ1n) is 7.58. The van der Waals surface area contributed by atoms with Crippen molar-refractivity contribution in [1.82, 2.24) is 10.2 Å². The summed E-state index contributed by atoms with van der Waals surface area (Å²) in [6.07, 6.45) is 4.56. The van der Waals surface area contributed by atoms with Gasteiger partial charge in [0.25, 0.3) is 0 Å². The lowest BCUT2D eigenvalue weighted by Gasteiger charge is -2.37. The van der Waals surface area contributed by atoms with Gasteiger partial charge in [0.1, 0.15) is 0 Å². The minimum Gasteiger partial charge on any atom is -0.481 e. The fourth-order valence-corrected chi connectivity index (χ4v) is 2.92. The lowest BCUT2D eigenvalue weighted by Crippen LogP contribution is -2.51. The molecule has 3 atom stereocenters. The molecule has 116 valence electrons. The van der Waals surface area contributed by atoms with Crippen molar-refractivity contribution >= 4 is 12.0 Å². The van der Waals surface area contributed by atoms with Crippen molar-refractivity contribution in [2.24, 2.45) is 11.8 Å². The topological polar surface area (TPSA) is 69.6 Å². The highest BCUT2D eigenvalue weighted by Crippen LogP contribution is 2.27. The van der Waals surface area contributed by atoms with Gasteiger partial charge in [-0.15, -0.1) is 0 Å². The number of carbonyl (C=O) groups is 2. The molecule has 5 heteroatoms. The average molecular weight is 284 g/mol. The molecule has 20 heavy (non-hydrogen) atoms. The summed E-state index contributed by atoms with van der Waals surface area (Å²) in [6, 6.07) is -0.202.